The van der Waals surface area contributed by atoms with Gasteiger partial charge in [0.2, 0.25) is 5.91 Å². The fraction of sp³-hybridized carbons (Fsp3) is 0.316. The van der Waals surface area contributed by atoms with Crippen molar-refractivity contribution in [1.29, 1.82) is 0 Å². The van der Waals surface area contributed by atoms with Crippen LogP contribution in [0.1, 0.15) is 6.92 Å². The number of nitrogens with one attached hydrogen (secondary N) is 2. The molecule has 1 amide bonds. The van der Waals surface area contributed by atoms with E-state index in [9.17, 15) is 4.79 Å². The summed E-state index contributed by atoms with van der Waals surface area (Å²) in [6.45, 7) is 9.10. The molecule has 0 aliphatic carbocycles. The lowest BCUT2D eigenvalue weighted by atomic mass is 10.3. The van der Waals surface area contributed by atoms with Gasteiger partial charge in [-0.3, -0.25) is 9.69 Å². The smallest absolute Gasteiger partial charge is 0.216 e. The minimum absolute atomic E-state index is 0.0880. The Hall–Kier alpha value is -2.27. The molecule has 6 nitrogen and oxygen atoms in total. The fourth-order valence-electron chi connectivity index (χ4n) is 2.37. The van der Waals surface area contributed by atoms with E-state index in [1.54, 1.807) is 18.2 Å². The molecule has 0 aliphatic heterocycles. The van der Waals surface area contributed by atoms with Crippen LogP contribution in [0.15, 0.2) is 30.7 Å². The van der Waals surface area contributed by atoms with E-state index >= 15 is 0 Å². The highest BCUT2D eigenvalue weighted by molar-refractivity contribution is 6.89. The predicted molar refractivity (Wildman–Crippen MR) is 119 cm³/mol. The molecule has 1 aromatic heterocycles. The zero-order chi connectivity index (χ0) is 20.7. The molecule has 0 saturated heterocycles. The van der Waals surface area contributed by atoms with Gasteiger partial charge in [0, 0.05) is 42.6 Å². The Balaban J connectivity index is 2.28. The maximum Gasteiger partial charge on any atom is 0.216 e. The van der Waals surface area contributed by atoms with Crippen LogP contribution >= 0.6 is 23.2 Å². The van der Waals surface area contributed by atoms with Crippen LogP contribution in [-0.2, 0) is 4.79 Å². The number of rotatable bonds is 6. The van der Waals surface area contributed by atoms with Crippen LogP contribution < -0.4 is 20.7 Å². The number of carbonyl (C=O) groups is 1. The molecule has 0 bridgehead atoms. The number of benzene rings is 1. The third kappa shape index (κ3) is 6.41. The normalized spacial score (nSPS) is 10.6. The van der Waals surface area contributed by atoms with Crippen LogP contribution in [-0.4, -0.2) is 37.0 Å². The van der Waals surface area contributed by atoms with Crippen LogP contribution in [0.5, 0.6) is 0 Å². The Morgan fingerprint density at radius 2 is 2.00 bits per heavy atom. The number of anilines is 2. The van der Waals surface area contributed by atoms with Gasteiger partial charge in [-0.05, 0) is 18.2 Å². The largest absolute Gasteiger partial charge is 0.355 e. The zero-order valence-electron chi connectivity index (χ0n) is 16.3. The fourth-order valence-corrected chi connectivity index (χ4v) is 4.00. The van der Waals surface area contributed by atoms with Gasteiger partial charge in [-0.1, -0.05) is 42.8 Å². The molecule has 1 aromatic carbocycles. The molecular weight excluding hydrogens is 413 g/mol. The first-order valence-electron chi connectivity index (χ1n) is 8.72. The van der Waals surface area contributed by atoms with Crippen LogP contribution in [0.25, 0.3) is 0 Å². The van der Waals surface area contributed by atoms with E-state index in [-0.39, 0.29) is 5.91 Å². The third-order valence-corrected chi connectivity index (χ3v) is 6.49. The average molecular weight is 436 g/mol. The van der Waals surface area contributed by atoms with Crippen molar-refractivity contribution in [3.05, 3.63) is 40.8 Å². The molecule has 28 heavy (non-hydrogen) atoms. The van der Waals surface area contributed by atoms with Crippen molar-refractivity contribution in [2.75, 3.05) is 23.3 Å². The SMILES string of the molecule is CC(=O)NCCN(C#CNc1ccc(Cl)c(Cl)c1)c1ncncc1[Si](C)(C)C. The molecule has 0 fully saturated rings. The van der Waals surface area contributed by atoms with Gasteiger partial charge in [-0.25, -0.2) is 9.97 Å². The minimum atomic E-state index is -1.69. The first-order chi connectivity index (χ1) is 13.2. The summed E-state index contributed by atoms with van der Waals surface area (Å²) in [7, 11) is -1.69. The number of aromatic nitrogens is 2. The number of hydrogen-bond acceptors (Lipinski definition) is 5. The van der Waals surface area contributed by atoms with E-state index in [0.29, 0.717) is 23.1 Å². The minimum Gasteiger partial charge on any atom is -0.355 e. The topological polar surface area (TPSA) is 70.2 Å². The quantitative estimate of drug-likeness (QED) is 0.413. The first-order valence-corrected chi connectivity index (χ1v) is 13.0. The zero-order valence-corrected chi connectivity index (χ0v) is 18.8. The molecule has 2 aromatic rings. The highest BCUT2D eigenvalue weighted by Gasteiger charge is 2.24. The standard InChI is InChI=1S/C19H23Cl2N5OSi/c1-14(27)23-7-9-26(19-18(28(2,3)4)12-22-13-25-19)10-8-24-15-5-6-16(20)17(21)11-15/h5-6,11-13,24H,7,9H2,1-4H3,(H,23,27). The van der Waals surface area contributed by atoms with Gasteiger partial charge in [0.25, 0.3) is 0 Å². The Bertz CT molecular complexity index is 905. The Morgan fingerprint density at radius 1 is 1.25 bits per heavy atom. The number of nitrogens with zero attached hydrogens (tertiary/aromatic N) is 3. The van der Waals surface area contributed by atoms with Crippen LogP contribution in [0.3, 0.4) is 0 Å². The molecule has 2 N–H and O–H groups in total. The summed E-state index contributed by atoms with van der Waals surface area (Å²) in [5.41, 5.74) is 0.733. The highest BCUT2D eigenvalue weighted by atomic mass is 35.5. The molecule has 0 spiro atoms. The van der Waals surface area contributed by atoms with Gasteiger partial charge in [0.05, 0.1) is 24.7 Å². The second-order valence-corrected chi connectivity index (χ2v) is 13.0. The second-order valence-electron chi connectivity index (χ2n) is 7.14. The molecule has 0 atom stereocenters. The number of halogens is 2. The molecular formula is C19H23Cl2N5OSi. The summed E-state index contributed by atoms with van der Waals surface area (Å²) in [6, 6.07) is 11.2. The van der Waals surface area contributed by atoms with E-state index in [1.807, 2.05) is 11.1 Å². The summed E-state index contributed by atoms with van der Waals surface area (Å²) in [5, 5.41) is 7.83. The Morgan fingerprint density at radius 3 is 2.64 bits per heavy atom. The number of carbonyl (C=O) groups excluding carboxylic acids is 1. The van der Waals surface area contributed by atoms with Gasteiger partial charge in [-0.15, -0.1) is 0 Å². The van der Waals surface area contributed by atoms with Gasteiger partial charge in [-0.2, -0.15) is 0 Å². The molecule has 0 aliphatic rings. The molecule has 1 heterocycles. The maximum absolute atomic E-state index is 11.2. The van der Waals surface area contributed by atoms with Gasteiger partial charge in [0.15, 0.2) is 0 Å². The molecule has 2 rings (SSSR count). The van der Waals surface area contributed by atoms with Crippen molar-refractivity contribution in [3.8, 4) is 12.1 Å². The molecule has 0 unspecified atom stereocenters. The summed E-state index contributed by atoms with van der Waals surface area (Å²) in [5.74, 6) is 0.679. The van der Waals surface area contributed by atoms with Gasteiger partial charge in [0.1, 0.15) is 12.1 Å². The van der Waals surface area contributed by atoms with E-state index in [0.717, 1.165) is 16.7 Å². The van der Waals surface area contributed by atoms with E-state index in [1.165, 1.54) is 13.3 Å². The second kappa shape index (κ2) is 9.78. The number of amides is 1. The lowest BCUT2D eigenvalue weighted by Crippen LogP contribution is -2.43. The molecule has 0 radical (unpaired) electrons. The van der Waals surface area contributed by atoms with Crippen molar-refractivity contribution >= 4 is 53.9 Å². The molecule has 0 saturated carbocycles. The maximum atomic E-state index is 11.2. The number of hydrogen-bond donors (Lipinski definition) is 2. The molecule has 148 valence electrons. The van der Waals surface area contributed by atoms with Crippen LogP contribution in [0.2, 0.25) is 29.7 Å². The van der Waals surface area contributed by atoms with E-state index < -0.39 is 8.07 Å². The van der Waals surface area contributed by atoms with E-state index in [4.69, 9.17) is 23.2 Å². The summed E-state index contributed by atoms with van der Waals surface area (Å²) in [4.78, 5) is 21.7. The van der Waals surface area contributed by atoms with Crippen molar-refractivity contribution in [3.63, 3.8) is 0 Å². The van der Waals surface area contributed by atoms with Crippen LogP contribution in [0, 0.1) is 12.1 Å². The summed E-state index contributed by atoms with van der Waals surface area (Å²) >= 11 is 12.0. The first kappa shape index (κ1) is 22.0. The van der Waals surface area contributed by atoms with Crippen molar-refractivity contribution in [2.45, 2.75) is 26.6 Å². The summed E-state index contributed by atoms with van der Waals surface area (Å²) < 4.78 is 0. The van der Waals surface area contributed by atoms with Crippen molar-refractivity contribution < 1.29 is 4.79 Å². The highest BCUT2D eigenvalue weighted by Crippen LogP contribution is 2.24. The predicted octanol–water partition coefficient (Wildman–Crippen LogP) is 3.30. The van der Waals surface area contributed by atoms with Gasteiger partial charge < -0.3 is 10.6 Å². The monoisotopic (exact) mass is 435 g/mol. The molecule has 9 heteroatoms. The lowest BCUT2D eigenvalue weighted by molar-refractivity contribution is -0.118. The van der Waals surface area contributed by atoms with Crippen molar-refractivity contribution in [2.24, 2.45) is 0 Å². The Kier molecular flexibility index (Phi) is 7.69. The average Bonchev–Trinajstić information content (AvgIpc) is 2.62. The third-order valence-electron chi connectivity index (χ3n) is 3.78. The van der Waals surface area contributed by atoms with Crippen LogP contribution in [0.4, 0.5) is 11.5 Å². The van der Waals surface area contributed by atoms with Gasteiger partial charge >= 0.3 is 0 Å². The lowest BCUT2D eigenvalue weighted by Gasteiger charge is -2.24. The van der Waals surface area contributed by atoms with E-state index in [2.05, 4.69) is 52.3 Å². The summed E-state index contributed by atoms with van der Waals surface area (Å²) in [6.07, 6.45) is 3.37. The van der Waals surface area contributed by atoms with Crippen molar-refractivity contribution in [1.82, 2.24) is 15.3 Å². The Labute approximate surface area is 176 Å².